The van der Waals surface area contributed by atoms with Gasteiger partial charge in [-0.05, 0) is 43.7 Å². The number of nitrogens with one attached hydrogen (secondary N) is 2. The summed E-state index contributed by atoms with van der Waals surface area (Å²) in [4.78, 5) is 24.6. The molecule has 0 radical (unpaired) electrons. The van der Waals surface area contributed by atoms with Gasteiger partial charge in [0.2, 0.25) is 0 Å². The summed E-state index contributed by atoms with van der Waals surface area (Å²) in [6.45, 7) is 3.96. The topological polar surface area (TPSA) is 67.4 Å². The van der Waals surface area contributed by atoms with Crippen molar-refractivity contribution in [3.05, 3.63) is 59.7 Å². The van der Waals surface area contributed by atoms with Crippen LogP contribution in [-0.2, 0) is 0 Å². The van der Waals surface area contributed by atoms with Crippen LogP contribution in [-0.4, -0.2) is 25.0 Å². The maximum atomic E-state index is 12.4. The second kappa shape index (κ2) is 8.15. The summed E-state index contributed by atoms with van der Waals surface area (Å²) in [5.74, 6) is 0.0605. The van der Waals surface area contributed by atoms with Gasteiger partial charge >= 0.3 is 0 Å². The largest absolute Gasteiger partial charge is 0.496 e. The third kappa shape index (κ3) is 4.35. The highest BCUT2D eigenvalue weighted by molar-refractivity contribution is 6.06. The van der Waals surface area contributed by atoms with Crippen LogP contribution in [0.1, 0.15) is 41.0 Å². The minimum Gasteiger partial charge on any atom is -0.496 e. The summed E-state index contributed by atoms with van der Waals surface area (Å²) in [5.41, 5.74) is 1.50. The van der Waals surface area contributed by atoms with Gasteiger partial charge in [0, 0.05) is 17.3 Å². The van der Waals surface area contributed by atoms with Crippen molar-refractivity contribution < 1.29 is 14.3 Å². The van der Waals surface area contributed by atoms with Crippen molar-refractivity contribution in [2.24, 2.45) is 0 Å². The summed E-state index contributed by atoms with van der Waals surface area (Å²) in [6.07, 6.45) is 0.857. The van der Waals surface area contributed by atoms with Gasteiger partial charge in [0.15, 0.2) is 0 Å². The van der Waals surface area contributed by atoms with Crippen LogP contribution in [0.5, 0.6) is 5.75 Å². The summed E-state index contributed by atoms with van der Waals surface area (Å²) in [5, 5.41) is 5.70. The second-order valence-electron chi connectivity index (χ2n) is 5.52. The number of carbonyl (C=O) groups is 2. The molecular weight excluding hydrogens is 304 g/mol. The third-order valence-corrected chi connectivity index (χ3v) is 3.72. The maximum absolute atomic E-state index is 12.4. The molecule has 2 aromatic rings. The van der Waals surface area contributed by atoms with Gasteiger partial charge in [-0.2, -0.15) is 0 Å². The molecule has 0 aliphatic rings. The molecule has 0 aliphatic heterocycles. The Bertz CT molecular complexity index is 728. The molecule has 1 atom stereocenters. The van der Waals surface area contributed by atoms with Crippen molar-refractivity contribution >= 4 is 17.5 Å². The van der Waals surface area contributed by atoms with Crippen molar-refractivity contribution in [2.45, 2.75) is 26.3 Å². The number of rotatable bonds is 6. The molecule has 0 fully saturated rings. The van der Waals surface area contributed by atoms with Gasteiger partial charge in [-0.3, -0.25) is 9.59 Å². The van der Waals surface area contributed by atoms with Crippen LogP contribution in [0.25, 0.3) is 0 Å². The molecule has 2 amide bonds. The monoisotopic (exact) mass is 326 g/mol. The van der Waals surface area contributed by atoms with Gasteiger partial charge < -0.3 is 15.4 Å². The molecule has 0 saturated heterocycles. The summed E-state index contributed by atoms with van der Waals surface area (Å²) >= 11 is 0. The lowest BCUT2D eigenvalue weighted by Crippen LogP contribution is -2.31. The normalized spacial score (nSPS) is 11.5. The number of hydrogen-bond donors (Lipinski definition) is 2. The first-order chi connectivity index (χ1) is 11.5. The Morgan fingerprint density at radius 2 is 1.83 bits per heavy atom. The van der Waals surface area contributed by atoms with Gasteiger partial charge in [-0.1, -0.05) is 25.1 Å². The van der Waals surface area contributed by atoms with Crippen LogP contribution >= 0.6 is 0 Å². The first-order valence-electron chi connectivity index (χ1n) is 7.90. The highest BCUT2D eigenvalue weighted by atomic mass is 16.5. The molecule has 2 aromatic carbocycles. The summed E-state index contributed by atoms with van der Waals surface area (Å²) in [7, 11) is 1.52. The van der Waals surface area contributed by atoms with E-state index in [-0.39, 0.29) is 17.9 Å². The zero-order valence-corrected chi connectivity index (χ0v) is 14.1. The van der Waals surface area contributed by atoms with E-state index in [1.807, 2.05) is 13.8 Å². The van der Waals surface area contributed by atoms with Gasteiger partial charge in [0.25, 0.3) is 11.8 Å². The van der Waals surface area contributed by atoms with E-state index in [1.54, 1.807) is 48.5 Å². The molecule has 2 rings (SSSR count). The Morgan fingerprint density at radius 3 is 2.54 bits per heavy atom. The third-order valence-electron chi connectivity index (χ3n) is 3.72. The molecule has 1 unspecified atom stereocenters. The lowest BCUT2D eigenvalue weighted by atomic mass is 10.1. The van der Waals surface area contributed by atoms with Gasteiger partial charge in [-0.25, -0.2) is 0 Å². The highest BCUT2D eigenvalue weighted by Gasteiger charge is 2.13. The van der Waals surface area contributed by atoms with Crippen LogP contribution in [0, 0.1) is 0 Å². The Hall–Kier alpha value is -2.82. The molecule has 5 heteroatoms. The molecule has 0 spiro atoms. The van der Waals surface area contributed by atoms with E-state index >= 15 is 0 Å². The highest BCUT2D eigenvalue weighted by Crippen LogP contribution is 2.19. The van der Waals surface area contributed by atoms with Crippen LogP contribution in [0.3, 0.4) is 0 Å². The van der Waals surface area contributed by atoms with E-state index in [9.17, 15) is 9.59 Å². The fourth-order valence-electron chi connectivity index (χ4n) is 2.18. The number of methoxy groups -OCH3 is 1. The second-order valence-corrected chi connectivity index (χ2v) is 5.52. The van der Waals surface area contributed by atoms with Crippen molar-refractivity contribution in [3.63, 3.8) is 0 Å². The Balaban J connectivity index is 2.14. The summed E-state index contributed by atoms with van der Waals surface area (Å²) in [6, 6.07) is 13.9. The number of benzene rings is 2. The molecule has 0 aromatic heterocycles. The number of ether oxygens (including phenoxy) is 1. The van der Waals surface area contributed by atoms with E-state index < -0.39 is 0 Å². The average Bonchev–Trinajstić information content (AvgIpc) is 2.61. The van der Waals surface area contributed by atoms with Crippen LogP contribution in [0.4, 0.5) is 5.69 Å². The predicted molar refractivity (Wildman–Crippen MR) is 94.6 cm³/mol. The number of amides is 2. The lowest BCUT2D eigenvalue weighted by Gasteiger charge is -2.13. The van der Waals surface area contributed by atoms with Crippen molar-refractivity contribution in [1.82, 2.24) is 5.32 Å². The molecular formula is C19H22N2O3. The lowest BCUT2D eigenvalue weighted by molar-refractivity contribution is 0.0938. The average molecular weight is 326 g/mol. The minimum atomic E-state index is -0.285. The molecule has 0 saturated carbocycles. The molecule has 0 aliphatic carbocycles. The smallest absolute Gasteiger partial charge is 0.259 e. The molecule has 126 valence electrons. The van der Waals surface area contributed by atoms with E-state index in [1.165, 1.54) is 7.11 Å². The number of para-hydroxylation sites is 1. The van der Waals surface area contributed by atoms with E-state index in [4.69, 9.17) is 4.74 Å². The predicted octanol–water partition coefficient (Wildman–Crippen LogP) is 3.48. The first-order valence-corrected chi connectivity index (χ1v) is 7.90. The van der Waals surface area contributed by atoms with Gasteiger partial charge in [-0.15, -0.1) is 0 Å². The molecule has 0 heterocycles. The van der Waals surface area contributed by atoms with E-state index in [0.717, 1.165) is 6.42 Å². The van der Waals surface area contributed by atoms with Gasteiger partial charge in [0.05, 0.1) is 12.7 Å². The fraction of sp³-hybridized carbons (Fsp3) is 0.263. The van der Waals surface area contributed by atoms with Crippen LogP contribution < -0.4 is 15.4 Å². The van der Waals surface area contributed by atoms with Gasteiger partial charge in [0.1, 0.15) is 5.75 Å². The van der Waals surface area contributed by atoms with Crippen LogP contribution in [0.2, 0.25) is 0 Å². The minimum absolute atomic E-state index is 0.101. The number of carbonyl (C=O) groups excluding carboxylic acids is 2. The number of anilines is 1. The van der Waals surface area contributed by atoms with E-state index in [0.29, 0.717) is 22.6 Å². The van der Waals surface area contributed by atoms with E-state index in [2.05, 4.69) is 10.6 Å². The van der Waals surface area contributed by atoms with Crippen molar-refractivity contribution in [1.29, 1.82) is 0 Å². The van der Waals surface area contributed by atoms with Crippen LogP contribution in [0.15, 0.2) is 48.5 Å². The molecule has 0 bridgehead atoms. The molecule has 2 N–H and O–H groups in total. The maximum Gasteiger partial charge on any atom is 0.259 e. The Kier molecular flexibility index (Phi) is 5.95. The Morgan fingerprint density at radius 1 is 1.08 bits per heavy atom. The van der Waals surface area contributed by atoms with Crippen molar-refractivity contribution in [2.75, 3.05) is 12.4 Å². The van der Waals surface area contributed by atoms with Crippen molar-refractivity contribution in [3.8, 4) is 5.75 Å². The zero-order valence-electron chi connectivity index (χ0n) is 14.1. The summed E-state index contributed by atoms with van der Waals surface area (Å²) < 4.78 is 5.20. The SMILES string of the molecule is CCC(C)NC(=O)c1cccc(NC(=O)c2ccccc2OC)c1. The number of hydrogen-bond acceptors (Lipinski definition) is 3. The Labute approximate surface area is 142 Å². The first kappa shape index (κ1) is 17.5. The fourth-order valence-corrected chi connectivity index (χ4v) is 2.18. The zero-order chi connectivity index (χ0) is 17.5. The molecule has 5 nitrogen and oxygen atoms in total. The standard InChI is InChI=1S/C19H22N2O3/c1-4-13(2)20-18(22)14-8-7-9-15(12-14)21-19(23)16-10-5-6-11-17(16)24-3/h5-13H,4H2,1-3H3,(H,20,22)(H,21,23). The molecule has 24 heavy (non-hydrogen) atoms. The quantitative estimate of drug-likeness (QED) is 0.854.